The molecule has 0 saturated heterocycles. The zero-order valence-electron chi connectivity index (χ0n) is 10.6. The fourth-order valence-electron chi connectivity index (χ4n) is 2.55. The lowest BCUT2D eigenvalue weighted by atomic mass is 10.0. The van der Waals surface area contributed by atoms with E-state index in [-0.39, 0.29) is 5.91 Å². The van der Waals surface area contributed by atoms with Crippen LogP contribution < -0.4 is 5.32 Å². The van der Waals surface area contributed by atoms with Gasteiger partial charge in [0, 0.05) is 21.5 Å². The summed E-state index contributed by atoms with van der Waals surface area (Å²) in [4.78, 5) is 12.1. The number of amides is 1. The largest absolute Gasteiger partial charge is 0.321 e. The molecule has 0 saturated carbocycles. The number of benzene rings is 2. The maximum absolute atomic E-state index is 12.1. The fourth-order valence-corrected chi connectivity index (χ4v) is 3.47. The normalized spacial score (nSPS) is 15.6. The van der Waals surface area contributed by atoms with E-state index < -0.39 is 0 Å². The van der Waals surface area contributed by atoms with Crippen LogP contribution in [0.1, 0.15) is 11.1 Å². The lowest BCUT2D eigenvalue weighted by molar-refractivity contribution is -0.110. The molecular weight excluding hydrogens is 266 g/mol. The summed E-state index contributed by atoms with van der Waals surface area (Å²) in [5.74, 6) is -0.0264. The molecule has 2 nitrogen and oxygen atoms in total. The molecule has 0 spiro atoms. The number of hydrogen-bond donors (Lipinski definition) is 1. The van der Waals surface area contributed by atoms with Gasteiger partial charge < -0.3 is 5.32 Å². The van der Waals surface area contributed by atoms with Crippen molar-refractivity contribution in [3.8, 4) is 0 Å². The maximum Gasteiger partial charge on any atom is 0.256 e. The number of carbonyl (C=O) groups is 1. The highest BCUT2D eigenvalue weighted by molar-refractivity contribution is 7.17. The van der Waals surface area contributed by atoms with E-state index in [1.54, 1.807) is 11.3 Å². The standard InChI is InChI=1S/C17H11NOS/c19-17-14(13-6-1-3-7-15(13)18-17)9-11-10-20-16-8-4-2-5-12(11)16/h1-10H,(H,18,19)/b14-9-. The van der Waals surface area contributed by atoms with Crippen LogP contribution in [0.25, 0.3) is 21.7 Å². The van der Waals surface area contributed by atoms with Crippen molar-refractivity contribution in [1.29, 1.82) is 0 Å². The number of nitrogens with one attached hydrogen (secondary N) is 1. The van der Waals surface area contributed by atoms with E-state index in [2.05, 4.69) is 22.8 Å². The van der Waals surface area contributed by atoms with Crippen LogP contribution in [-0.2, 0) is 4.79 Å². The smallest absolute Gasteiger partial charge is 0.256 e. The second kappa shape index (κ2) is 4.32. The molecule has 0 fully saturated rings. The third-order valence-electron chi connectivity index (χ3n) is 3.52. The minimum atomic E-state index is -0.0264. The van der Waals surface area contributed by atoms with Gasteiger partial charge in [-0.25, -0.2) is 0 Å². The van der Waals surface area contributed by atoms with E-state index in [9.17, 15) is 4.79 Å². The van der Waals surface area contributed by atoms with E-state index in [0.717, 1.165) is 22.4 Å². The molecule has 4 rings (SSSR count). The van der Waals surface area contributed by atoms with Crippen LogP contribution in [0.3, 0.4) is 0 Å². The van der Waals surface area contributed by atoms with Crippen molar-refractivity contribution < 1.29 is 4.79 Å². The number of para-hydroxylation sites is 1. The zero-order chi connectivity index (χ0) is 13.5. The number of hydrogen-bond acceptors (Lipinski definition) is 2. The van der Waals surface area contributed by atoms with Crippen molar-refractivity contribution in [1.82, 2.24) is 0 Å². The monoisotopic (exact) mass is 277 g/mol. The molecule has 3 heteroatoms. The minimum Gasteiger partial charge on any atom is -0.321 e. The molecule has 3 aromatic rings. The molecule has 0 bridgehead atoms. The Morgan fingerprint density at radius 1 is 1.00 bits per heavy atom. The molecule has 0 aliphatic carbocycles. The van der Waals surface area contributed by atoms with Crippen molar-refractivity contribution in [2.24, 2.45) is 0 Å². The predicted octanol–water partition coefficient (Wildman–Crippen LogP) is 4.39. The quantitative estimate of drug-likeness (QED) is 0.656. The molecule has 2 aromatic carbocycles. The van der Waals surface area contributed by atoms with E-state index in [4.69, 9.17) is 0 Å². The Hall–Kier alpha value is -2.39. The first kappa shape index (κ1) is 11.4. The first-order valence-electron chi connectivity index (χ1n) is 6.41. The summed E-state index contributed by atoms with van der Waals surface area (Å²) in [7, 11) is 0. The van der Waals surface area contributed by atoms with Gasteiger partial charge in [0.1, 0.15) is 0 Å². The van der Waals surface area contributed by atoms with E-state index in [0.29, 0.717) is 0 Å². The lowest BCUT2D eigenvalue weighted by Gasteiger charge is -1.97. The Bertz CT molecular complexity index is 860. The number of fused-ring (bicyclic) bond motifs is 2. The molecule has 2 heterocycles. The van der Waals surface area contributed by atoms with E-state index in [1.807, 2.05) is 42.5 Å². The molecule has 20 heavy (non-hydrogen) atoms. The summed E-state index contributed by atoms with van der Waals surface area (Å²) in [5, 5.41) is 6.20. The minimum absolute atomic E-state index is 0.0264. The van der Waals surface area contributed by atoms with Gasteiger partial charge in [0.05, 0.1) is 0 Å². The van der Waals surface area contributed by atoms with E-state index >= 15 is 0 Å². The SMILES string of the molecule is O=C1Nc2ccccc2/C1=C/c1csc2ccccc12. The average Bonchev–Trinajstić information content (AvgIpc) is 3.02. The van der Waals surface area contributed by atoms with Gasteiger partial charge in [0.25, 0.3) is 5.91 Å². The number of thiophene rings is 1. The Morgan fingerprint density at radius 2 is 1.80 bits per heavy atom. The zero-order valence-corrected chi connectivity index (χ0v) is 11.4. The van der Waals surface area contributed by atoms with Crippen LogP contribution in [0.4, 0.5) is 5.69 Å². The number of rotatable bonds is 1. The molecule has 1 N–H and O–H groups in total. The van der Waals surface area contributed by atoms with Crippen LogP contribution in [0.5, 0.6) is 0 Å². The molecule has 96 valence electrons. The maximum atomic E-state index is 12.1. The third kappa shape index (κ3) is 1.67. The Kier molecular flexibility index (Phi) is 2.47. The van der Waals surface area contributed by atoms with Gasteiger partial charge in [-0.2, -0.15) is 0 Å². The number of anilines is 1. The highest BCUT2D eigenvalue weighted by atomic mass is 32.1. The Labute approximate surface area is 120 Å². The topological polar surface area (TPSA) is 29.1 Å². The summed E-state index contributed by atoms with van der Waals surface area (Å²) in [6.07, 6.45) is 1.99. The first-order valence-corrected chi connectivity index (χ1v) is 7.29. The van der Waals surface area contributed by atoms with Crippen LogP contribution in [0, 0.1) is 0 Å². The summed E-state index contributed by atoms with van der Waals surface area (Å²) in [6, 6.07) is 16.1. The highest BCUT2D eigenvalue weighted by Gasteiger charge is 2.23. The van der Waals surface area contributed by atoms with Gasteiger partial charge >= 0.3 is 0 Å². The highest BCUT2D eigenvalue weighted by Crippen LogP contribution is 2.35. The van der Waals surface area contributed by atoms with Gasteiger partial charge in [-0.3, -0.25) is 4.79 Å². The van der Waals surface area contributed by atoms with Gasteiger partial charge in [-0.15, -0.1) is 11.3 Å². The summed E-state index contributed by atoms with van der Waals surface area (Å²) >= 11 is 1.70. The second-order valence-corrected chi connectivity index (χ2v) is 5.66. The third-order valence-corrected chi connectivity index (χ3v) is 4.50. The van der Waals surface area contributed by atoms with Crippen LogP contribution >= 0.6 is 11.3 Å². The van der Waals surface area contributed by atoms with Crippen LogP contribution in [0.2, 0.25) is 0 Å². The van der Waals surface area contributed by atoms with Gasteiger partial charge in [-0.05, 0) is 34.5 Å². The van der Waals surface area contributed by atoms with E-state index in [1.165, 1.54) is 10.1 Å². The molecule has 0 atom stereocenters. The Morgan fingerprint density at radius 3 is 2.75 bits per heavy atom. The lowest BCUT2D eigenvalue weighted by Crippen LogP contribution is -2.03. The molecule has 1 aromatic heterocycles. The van der Waals surface area contributed by atoms with Gasteiger partial charge in [0.15, 0.2) is 0 Å². The summed E-state index contributed by atoms with van der Waals surface area (Å²) < 4.78 is 1.24. The molecule has 1 aliphatic heterocycles. The van der Waals surface area contributed by atoms with Crippen molar-refractivity contribution >= 4 is 44.7 Å². The Balaban J connectivity index is 1.90. The first-order chi connectivity index (χ1) is 9.83. The summed E-state index contributed by atoms with van der Waals surface area (Å²) in [6.45, 7) is 0. The van der Waals surface area contributed by atoms with Crippen LogP contribution in [0.15, 0.2) is 53.9 Å². The molecule has 1 aliphatic rings. The van der Waals surface area contributed by atoms with Crippen molar-refractivity contribution in [2.75, 3.05) is 5.32 Å². The average molecular weight is 277 g/mol. The van der Waals surface area contributed by atoms with Gasteiger partial charge in [-0.1, -0.05) is 36.4 Å². The molecular formula is C17H11NOS. The van der Waals surface area contributed by atoms with Crippen molar-refractivity contribution in [2.45, 2.75) is 0 Å². The predicted molar refractivity (Wildman–Crippen MR) is 84.8 cm³/mol. The van der Waals surface area contributed by atoms with Crippen molar-refractivity contribution in [3.63, 3.8) is 0 Å². The number of carbonyl (C=O) groups excluding carboxylic acids is 1. The van der Waals surface area contributed by atoms with Crippen molar-refractivity contribution in [3.05, 3.63) is 65.0 Å². The molecule has 1 amide bonds. The van der Waals surface area contributed by atoms with Crippen LogP contribution in [-0.4, -0.2) is 5.91 Å². The molecule has 0 radical (unpaired) electrons. The summed E-state index contributed by atoms with van der Waals surface area (Å²) in [5.41, 5.74) is 3.72. The second-order valence-electron chi connectivity index (χ2n) is 4.74. The fraction of sp³-hybridized carbons (Fsp3) is 0. The van der Waals surface area contributed by atoms with Gasteiger partial charge in [0.2, 0.25) is 0 Å². The molecule has 0 unspecified atom stereocenters.